The Morgan fingerprint density at radius 2 is 1.78 bits per heavy atom. The lowest BCUT2D eigenvalue weighted by Crippen LogP contribution is -2.44. The van der Waals surface area contributed by atoms with Gasteiger partial charge in [0.05, 0.1) is 20.0 Å². The number of benzene rings is 1. The highest BCUT2D eigenvalue weighted by Gasteiger charge is 2.48. The van der Waals surface area contributed by atoms with E-state index in [1.165, 1.54) is 0 Å². The first-order valence-electron chi connectivity index (χ1n) is 14.5. The van der Waals surface area contributed by atoms with Crippen molar-refractivity contribution in [3.8, 4) is 11.6 Å². The van der Waals surface area contributed by atoms with E-state index in [0.29, 0.717) is 23.0 Å². The summed E-state index contributed by atoms with van der Waals surface area (Å²) in [6.07, 6.45) is 8.09. The lowest BCUT2D eigenvalue weighted by atomic mass is 10.1. The van der Waals surface area contributed by atoms with Gasteiger partial charge in [-0.05, 0) is 48.3 Å². The number of anilines is 2. The number of carbonyl (C=O) groups excluding carboxylic acids is 1. The zero-order chi connectivity index (χ0) is 28.9. The van der Waals surface area contributed by atoms with Crippen LogP contribution in [-0.2, 0) is 13.0 Å². The molecule has 8 nitrogen and oxygen atoms in total. The number of fused-ring (bicyclic) bond motifs is 2. The summed E-state index contributed by atoms with van der Waals surface area (Å²) in [5, 5.41) is 4.65. The van der Waals surface area contributed by atoms with Crippen molar-refractivity contribution < 1.29 is 9.21 Å². The average Bonchev–Trinajstić information content (AvgIpc) is 3.47. The van der Waals surface area contributed by atoms with E-state index in [-0.39, 0.29) is 10.6 Å². The SMILES string of the molecule is CN1CCN(Cc2cnc(-c3oc4cnccc4c3Nc3ccc4c(c3)CC([Si](C)(C)C(C)(C)C)C4=O)nc2)CC1. The Kier molecular flexibility index (Phi) is 7.08. The number of Topliss-reactive ketones (excluding diaryl/α,β-unsaturated/α-hetero) is 1. The number of pyridine rings is 1. The Morgan fingerprint density at radius 1 is 1.05 bits per heavy atom. The van der Waals surface area contributed by atoms with Crippen LogP contribution in [0.3, 0.4) is 0 Å². The normalized spacial score (nSPS) is 18.7. The van der Waals surface area contributed by atoms with Crippen molar-refractivity contribution in [2.45, 2.75) is 57.4 Å². The van der Waals surface area contributed by atoms with Crippen LogP contribution in [0.5, 0.6) is 0 Å². The van der Waals surface area contributed by atoms with Gasteiger partial charge in [0, 0.05) is 79.1 Å². The molecule has 6 rings (SSSR count). The first-order chi connectivity index (χ1) is 19.5. The third-order valence-corrected chi connectivity index (χ3v) is 15.7. The third-order valence-electron chi connectivity index (χ3n) is 9.59. The van der Waals surface area contributed by atoms with E-state index >= 15 is 0 Å². The molecule has 1 aromatic carbocycles. The van der Waals surface area contributed by atoms with Gasteiger partial charge < -0.3 is 14.6 Å². The van der Waals surface area contributed by atoms with E-state index in [2.05, 4.69) is 67.1 Å². The second-order valence-corrected chi connectivity index (χ2v) is 18.9. The molecule has 9 heteroatoms. The summed E-state index contributed by atoms with van der Waals surface area (Å²) < 4.78 is 6.25. The van der Waals surface area contributed by atoms with Crippen LogP contribution in [0.4, 0.5) is 11.4 Å². The summed E-state index contributed by atoms with van der Waals surface area (Å²) >= 11 is 0. The number of piperazine rings is 1. The minimum Gasteiger partial charge on any atom is -0.449 e. The number of nitrogens with one attached hydrogen (secondary N) is 1. The molecule has 214 valence electrons. The van der Waals surface area contributed by atoms with E-state index < -0.39 is 8.07 Å². The summed E-state index contributed by atoms with van der Waals surface area (Å²) in [5.41, 5.74) is 5.57. The van der Waals surface area contributed by atoms with Crippen molar-refractivity contribution in [2.75, 3.05) is 38.5 Å². The fourth-order valence-corrected chi connectivity index (χ4v) is 8.47. The Balaban J connectivity index is 1.27. The van der Waals surface area contributed by atoms with Gasteiger partial charge in [-0.2, -0.15) is 0 Å². The molecule has 0 spiro atoms. The summed E-state index contributed by atoms with van der Waals surface area (Å²) in [4.78, 5) is 31.9. The molecular formula is C32H40N6O2Si. The topological polar surface area (TPSA) is 87.4 Å². The van der Waals surface area contributed by atoms with Crippen LogP contribution >= 0.6 is 0 Å². The molecule has 0 bridgehead atoms. The molecule has 1 N–H and O–H groups in total. The van der Waals surface area contributed by atoms with E-state index in [1.54, 1.807) is 12.4 Å². The third kappa shape index (κ3) is 5.22. The highest BCUT2D eigenvalue weighted by Crippen LogP contribution is 2.49. The van der Waals surface area contributed by atoms with Gasteiger partial charge in [-0.15, -0.1) is 0 Å². The van der Waals surface area contributed by atoms with Crippen LogP contribution in [-0.4, -0.2) is 71.8 Å². The first-order valence-corrected chi connectivity index (χ1v) is 17.6. The summed E-state index contributed by atoms with van der Waals surface area (Å²) in [6.45, 7) is 16.6. The smallest absolute Gasteiger partial charge is 0.197 e. The number of aromatic nitrogens is 3. The molecule has 1 aliphatic carbocycles. The molecule has 1 unspecified atom stereocenters. The first kappa shape index (κ1) is 27.8. The highest BCUT2D eigenvalue weighted by atomic mass is 28.3. The Bertz CT molecular complexity index is 1580. The molecule has 4 heterocycles. The van der Waals surface area contributed by atoms with Gasteiger partial charge >= 0.3 is 0 Å². The largest absolute Gasteiger partial charge is 0.449 e. The molecule has 1 atom stereocenters. The molecule has 0 radical (unpaired) electrons. The van der Waals surface area contributed by atoms with Crippen molar-refractivity contribution >= 4 is 36.2 Å². The van der Waals surface area contributed by atoms with Gasteiger partial charge in [-0.1, -0.05) is 33.9 Å². The molecule has 41 heavy (non-hydrogen) atoms. The Morgan fingerprint density at radius 3 is 2.49 bits per heavy atom. The van der Waals surface area contributed by atoms with Gasteiger partial charge in [0.15, 0.2) is 23.0 Å². The van der Waals surface area contributed by atoms with Crippen LogP contribution in [0.25, 0.3) is 22.6 Å². The van der Waals surface area contributed by atoms with Crippen LogP contribution < -0.4 is 5.32 Å². The molecule has 0 saturated carbocycles. The van der Waals surface area contributed by atoms with Crippen LogP contribution in [0.2, 0.25) is 23.7 Å². The molecule has 1 fully saturated rings. The standard InChI is InChI=1S/C32H40N6O2Si/c1-32(2,3)41(5,6)27-16-22-15-23(7-8-24(22)29(27)39)36-28-25-9-10-33-19-26(25)40-30(28)31-34-17-21(18-35-31)20-38-13-11-37(4)12-14-38/h7-10,15,17-19,27,36H,11-14,16,20H2,1-6H3. The number of carbonyl (C=O) groups is 1. The maximum atomic E-state index is 13.5. The number of rotatable bonds is 6. The molecule has 2 aliphatic rings. The van der Waals surface area contributed by atoms with Crippen molar-refractivity contribution in [1.82, 2.24) is 24.8 Å². The number of hydrogen-bond acceptors (Lipinski definition) is 8. The summed E-state index contributed by atoms with van der Waals surface area (Å²) in [5.74, 6) is 1.42. The van der Waals surface area contributed by atoms with Gasteiger partial charge in [-0.3, -0.25) is 14.7 Å². The molecule has 0 amide bonds. The van der Waals surface area contributed by atoms with Gasteiger partial charge in [0.2, 0.25) is 0 Å². The zero-order valence-electron chi connectivity index (χ0n) is 25.0. The van der Waals surface area contributed by atoms with Crippen molar-refractivity contribution in [3.05, 3.63) is 65.7 Å². The highest BCUT2D eigenvalue weighted by molar-refractivity contribution is 6.84. The summed E-state index contributed by atoms with van der Waals surface area (Å²) in [7, 11) is 0.326. The van der Waals surface area contributed by atoms with Crippen molar-refractivity contribution in [3.63, 3.8) is 0 Å². The Labute approximate surface area is 243 Å². The maximum Gasteiger partial charge on any atom is 0.197 e. The van der Waals surface area contributed by atoms with E-state index in [4.69, 9.17) is 14.4 Å². The van der Waals surface area contributed by atoms with E-state index in [1.807, 2.05) is 30.6 Å². The summed E-state index contributed by atoms with van der Waals surface area (Å²) in [6, 6.07) is 8.05. The predicted octanol–water partition coefficient (Wildman–Crippen LogP) is 6.39. The number of likely N-dealkylation sites (N-methyl/N-ethyl adjacent to an activating group) is 1. The number of nitrogens with zero attached hydrogens (tertiary/aromatic N) is 5. The second-order valence-electron chi connectivity index (χ2n) is 13.3. The van der Waals surface area contributed by atoms with Crippen LogP contribution in [0, 0.1) is 0 Å². The van der Waals surface area contributed by atoms with Gasteiger partial charge in [0.1, 0.15) is 0 Å². The van der Waals surface area contributed by atoms with Crippen LogP contribution in [0.1, 0.15) is 42.3 Å². The number of furan rings is 1. The molecular weight excluding hydrogens is 528 g/mol. The Hall–Kier alpha value is -3.40. The lowest BCUT2D eigenvalue weighted by Gasteiger charge is -2.41. The molecule has 1 saturated heterocycles. The predicted molar refractivity (Wildman–Crippen MR) is 167 cm³/mol. The quantitative estimate of drug-likeness (QED) is 0.268. The number of ketones is 1. The number of hydrogen-bond donors (Lipinski definition) is 1. The van der Waals surface area contributed by atoms with Crippen LogP contribution in [0.15, 0.2) is 53.5 Å². The minimum absolute atomic E-state index is 0.0990. The van der Waals surface area contributed by atoms with Crippen molar-refractivity contribution in [1.29, 1.82) is 0 Å². The fraction of sp³-hybridized carbons (Fsp3) is 0.438. The zero-order valence-corrected chi connectivity index (χ0v) is 26.0. The second kappa shape index (κ2) is 10.5. The monoisotopic (exact) mass is 568 g/mol. The van der Waals surface area contributed by atoms with Crippen molar-refractivity contribution in [2.24, 2.45) is 0 Å². The van der Waals surface area contributed by atoms with E-state index in [9.17, 15) is 4.79 Å². The molecule has 4 aromatic rings. The van der Waals surface area contributed by atoms with E-state index in [0.717, 1.165) is 72.6 Å². The van der Waals surface area contributed by atoms with Gasteiger partial charge in [-0.25, -0.2) is 9.97 Å². The average molecular weight is 569 g/mol. The molecule has 1 aliphatic heterocycles. The fourth-order valence-electron chi connectivity index (χ4n) is 5.88. The molecule has 3 aromatic heterocycles. The van der Waals surface area contributed by atoms with Gasteiger partial charge in [0.25, 0.3) is 0 Å². The maximum absolute atomic E-state index is 13.5. The minimum atomic E-state index is -1.84. The lowest BCUT2D eigenvalue weighted by molar-refractivity contribution is 0.0990.